The number of sulfonamides is 1. The predicted octanol–water partition coefficient (Wildman–Crippen LogP) is 2.01. The van der Waals surface area contributed by atoms with E-state index in [1.54, 1.807) is 48.0 Å². The second-order valence-electron chi connectivity index (χ2n) is 6.45. The Morgan fingerprint density at radius 3 is 2.60 bits per heavy atom. The molecule has 158 valence electrons. The first-order chi connectivity index (χ1) is 14.4. The van der Waals surface area contributed by atoms with Crippen molar-refractivity contribution in [3.05, 3.63) is 60.4 Å². The summed E-state index contributed by atoms with van der Waals surface area (Å²) in [6.45, 7) is 1.77. The number of carbonyl (C=O) groups is 1. The monoisotopic (exact) mass is 446 g/mol. The minimum absolute atomic E-state index is 0.114. The van der Waals surface area contributed by atoms with Crippen molar-refractivity contribution in [1.82, 2.24) is 24.9 Å². The van der Waals surface area contributed by atoms with E-state index in [0.717, 1.165) is 0 Å². The summed E-state index contributed by atoms with van der Waals surface area (Å²) >= 11 is 1.54. The Kier molecular flexibility index (Phi) is 7.19. The number of amides is 1. The van der Waals surface area contributed by atoms with Crippen LogP contribution in [0.4, 0.5) is 5.69 Å². The van der Waals surface area contributed by atoms with E-state index in [0.29, 0.717) is 29.4 Å². The molecule has 2 aromatic carbocycles. The first-order valence-corrected chi connectivity index (χ1v) is 12.0. The molecule has 1 heterocycles. The molecule has 0 saturated heterocycles. The Balaban J connectivity index is 1.78. The molecule has 1 amide bonds. The average molecular weight is 447 g/mol. The second-order valence-corrected chi connectivity index (χ2v) is 9.15. The van der Waals surface area contributed by atoms with E-state index in [1.165, 1.54) is 23.9 Å². The third kappa shape index (κ3) is 5.43. The fourth-order valence-electron chi connectivity index (χ4n) is 2.75. The molecule has 1 unspecified atom stereocenters. The minimum Gasteiger partial charge on any atom is -0.325 e. The lowest BCUT2D eigenvalue weighted by Crippen LogP contribution is -2.44. The van der Waals surface area contributed by atoms with Gasteiger partial charge in [-0.2, -0.15) is 21.2 Å². The van der Waals surface area contributed by atoms with Crippen LogP contribution in [0.25, 0.3) is 5.69 Å². The average Bonchev–Trinajstić information content (AvgIpc) is 3.17. The molecule has 0 fully saturated rings. The molecule has 1 aromatic heterocycles. The summed E-state index contributed by atoms with van der Waals surface area (Å²) in [6, 6.07) is 14.1. The molecule has 2 N–H and O–H groups in total. The van der Waals surface area contributed by atoms with Gasteiger partial charge in [0.05, 0.1) is 10.6 Å². The second kappa shape index (κ2) is 9.83. The van der Waals surface area contributed by atoms with Crippen LogP contribution < -0.4 is 10.0 Å². The highest BCUT2D eigenvalue weighted by Gasteiger charge is 2.25. The van der Waals surface area contributed by atoms with Crippen molar-refractivity contribution < 1.29 is 13.2 Å². The number of benzene rings is 2. The predicted molar refractivity (Wildman–Crippen MR) is 116 cm³/mol. The van der Waals surface area contributed by atoms with Gasteiger partial charge in [0.2, 0.25) is 15.9 Å². The van der Waals surface area contributed by atoms with E-state index in [9.17, 15) is 13.2 Å². The third-order valence-corrected chi connectivity index (χ3v) is 6.39. The normalized spacial score (nSPS) is 12.5. The van der Waals surface area contributed by atoms with Gasteiger partial charge in [0.25, 0.3) is 0 Å². The maximum absolute atomic E-state index is 12.9. The Labute approximate surface area is 179 Å². The molecule has 0 aliphatic carbocycles. The molecule has 0 spiro atoms. The maximum atomic E-state index is 12.9. The summed E-state index contributed by atoms with van der Waals surface area (Å²) in [7, 11) is -3.83. The van der Waals surface area contributed by atoms with Gasteiger partial charge in [0.1, 0.15) is 6.04 Å². The summed E-state index contributed by atoms with van der Waals surface area (Å²) < 4.78 is 29.4. The number of nitrogens with one attached hydrogen (secondary N) is 2. The van der Waals surface area contributed by atoms with Gasteiger partial charge in [-0.05, 0) is 66.1 Å². The van der Waals surface area contributed by atoms with E-state index in [-0.39, 0.29) is 4.90 Å². The summed E-state index contributed by atoms with van der Waals surface area (Å²) in [5.74, 6) is 0.792. The molecule has 11 heteroatoms. The van der Waals surface area contributed by atoms with Gasteiger partial charge in [-0.1, -0.05) is 24.3 Å². The van der Waals surface area contributed by atoms with Gasteiger partial charge in [0, 0.05) is 5.69 Å². The van der Waals surface area contributed by atoms with E-state index in [1.807, 2.05) is 12.3 Å². The Morgan fingerprint density at radius 2 is 1.93 bits per heavy atom. The van der Waals surface area contributed by atoms with E-state index in [4.69, 9.17) is 0 Å². The van der Waals surface area contributed by atoms with Crippen LogP contribution in [0.2, 0.25) is 0 Å². The van der Waals surface area contributed by atoms with Crippen LogP contribution in [0.1, 0.15) is 12.2 Å². The number of aromatic nitrogens is 4. The van der Waals surface area contributed by atoms with Gasteiger partial charge < -0.3 is 5.32 Å². The summed E-state index contributed by atoms with van der Waals surface area (Å²) in [4.78, 5) is 13.0. The largest absolute Gasteiger partial charge is 0.325 e. The highest BCUT2D eigenvalue weighted by molar-refractivity contribution is 7.98. The molecule has 0 aliphatic rings. The lowest BCUT2D eigenvalue weighted by Gasteiger charge is -2.18. The fraction of sp³-hybridized carbons (Fsp3) is 0.263. The third-order valence-electron chi connectivity index (χ3n) is 4.26. The van der Waals surface area contributed by atoms with Crippen molar-refractivity contribution in [3.63, 3.8) is 0 Å². The first-order valence-electron chi connectivity index (χ1n) is 9.13. The SMILES string of the molecule is CSCCC(NS(=O)(=O)c1ccccc1)C(=O)Nc1cccc(-n2nnnc2C)c1. The number of hydrogen-bond donors (Lipinski definition) is 2. The van der Waals surface area contributed by atoms with Crippen molar-refractivity contribution in [2.75, 3.05) is 17.3 Å². The molecule has 0 bridgehead atoms. The molecular weight excluding hydrogens is 424 g/mol. The Morgan fingerprint density at radius 1 is 1.17 bits per heavy atom. The number of thioether (sulfide) groups is 1. The van der Waals surface area contributed by atoms with Crippen molar-refractivity contribution in [3.8, 4) is 5.69 Å². The van der Waals surface area contributed by atoms with E-state index < -0.39 is 22.0 Å². The van der Waals surface area contributed by atoms with E-state index in [2.05, 4.69) is 25.6 Å². The zero-order valence-electron chi connectivity index (χ0n) is 16.5. The molecule has 9 nitrogen and oxygen atoms in total. The minimum atomic E-state index is -3.83. The summed E-state index contributed by atoms with van der Waals surface area (Å²) in [5, 5.41) is 14.2. The topological polar surface area (TPSA) is 119 Å². The van der Waals surface area contributed by atoms with Crippen LogP contribution in [0.15, 0.2) is 59.5 Å². The standard InChI is InChI=1S/C19H22N6O3S2/c1-14-21-23-24-25(14)16-8-6-7-15(13-16)20-19(26)18(11-12-29-2)22-30(27,28)17-9-4-3-5-10-17/h3-10,13,18,22H,11-12H2,1-2H3,(H,20,26). The molecule has 0 saturated carbocycles. The van der Waals surface area contributed by atoms with Crippen molar-refractivity contribution in [2.24, 2.45) is 0 Å². The lowest BCUT2D eigenvalue weighted by molar-refractivity contribution is -0.117. The summed E-state index contributed by atoms with van der Waals surface area (Å²) in [6.07, 6.45) is 2.25. The molecule has 0 aliphatic heterocycles. The van der Waals surface area contributed by atoms with Crippen molar-refractivity contribution >= 4 is 33.4 Å². The van der Waals surface area contributed by atoms with Crippen LogP contribution in [-0.2, 0) is 14.8 Å². The van der Waals surface area contributed by atoms with E-state index >= 15 is 0 Å². The fourth-order valence-corrected chi connectivity index (χ4v) is 4.47. The number of hydrogen-bond acceptors (Lipinski definition) is 7. The molecule has 1 atom stereocenters. The van der Waals surface area contributed by atoms with Crippen molar-refractivity contribution in [1.29, 1.82) is 0 Å². The van der Waals surface area contributed by atoms with Gasteiger partial charge in [-0.15, -0.1) is 5.10 Å². The molecule has 30 heavy (non-hydrogen) atoms. The zero-order chi connectivity index (χ0) is 21.6. The number of anilines is 1. The molecule has 3 aromatic rings. The van der Waals surface area contributed by atoms with Crippen LogP contribution >= 0.6 is 11.8 Å². The number of aryl methyl sites for hydroxylation is 1. The van der Waals surface area contributed by atoms with Gasteiger partial charge in [-0.25, -0.2) is 8.42 Å². The van der Waals surface area contributed by atoms with Crippen LogP contribution in [0.5, 0.6) is 0 Å². The maximum Gasteiger partial charge on any atom is 0.242 e. The highest BCUT2D eigenvalue weighted by atomic mass is 32.2. The Bertz CT molecular complexity index is 1100. The quantitative estimate of drug-likeness (QED) is 0.516. The smallest absolute Gasteiger partial charge is 0.242 e. The van der Waals surface area contributed by atoms with Crippen LogP contribution in [0.3, 0.4) is 0 Å². The number of rotatable bonds is 9. The van der Waals surface area contributed by atoms with Crippen molar-refractivity contribution in [2.45, 2.75) is 24.3 Å². The highest BCUT2D eigenvalue weighted by Crippen LogP contribution is 2.16. The van der Waals surface area contributed by atoms with Gasteiger partial charge >= 0.3 is 0 Å². The number of carbonyl (C=O) groups excluding carboxylic acids is 1. The van der Waals surface area contributed by atoms with Gasteiger partial charge in [0.15, 0.2) is 5.82 Å². The molecule has 0 radical (unpaired) electrons. The lowest BCUT2D eigenvalue weighted by atomic mass is 10.2. The van der Waals surface area contributed by atoms with Crippen LogP contribution in [-0.4, -0.2) is 52.6 Å². The first kappa shape index (κ1) is 21.9. The molecular formula is C19H22N6O3S2. The van der Waals surface area contributed by atoms with Gasteiger partial charge in [-0.3, -0.25) is 4.79 Å². The number of nitrogens with zero attached hydrogens (tertiary/aromatic N) is 4. The number of tetrazole rings is 1. The molecule has 3 rings (SSSR count). The zero-order valence-corrected chi connectivity index (χ0v) is 18.2. The summed E-state index contributed by atoms with van der Waals surface area (Å²) in [5.41, 5.74) is 1.20. The Hall–Kier alpha value is -2.76. The van der Waals surface area contributed by atoms with Crippen LogP contribution in [0, 0.1) is 6.92 Å².